The van der Waals surface area contributed by atoms with Crippen molar-refractivity contribution in [1.82, 2.24) is 4.90 Å². The molecule has 0 radical (unpaired) electrons. The Balaban J connectivity index is 1.62. The molecule has 4 heteroatoms. The van der Waals surface area contributed by atoms with E-state index in [0.717, 1.165) is 42.6 Å². The van der Waals surface area contributed by atoms with Crippen molar-refractivity contribution in [2.45, 2.75) is 58.9 Å². The van der Waals surface area contributed by atoms with Crippen LogP contribution in [0, 0.1) is 25.7 Å². The number of hydrogen-bond donors (Lipinski definition) is 1. The van der Waals surface area contributed by atoms with Crippen molar-refractivity contribution in [3.8, 4) is 0 Å². The second-order valence-electron chi connectivity index (χ2n) is 7.29. The Kier molecular flexibility index (Phi) is 4.93. The first-order valence-corrected chi connectivity index (χ1v) is 9.20. The minimum atomic E-state index is -0.157. The SMILES string of the molecule is CCC1CCCCN1C(=O)C1CC1C(=O)Nc1c(C)cccc1C. The molecule has 4 nitrogen and oxygen atoms in total. The summed E-state index contributed by atoms with van der Waals surface area (Å²) in [6.07, 6.45) is 5.12. The molecule has 3 rings (SSSR count). The van der Waals surface area contributed by atoms with Gasteiger partial charge in [0.15, 0.2) is 0 Å². The first-order valence-electron chi connectivity index (χ1n) is 9.20. The van der Waals surface area contributed by atoms with Gasteiger partial charge in [-0.05, 0) is 57.1 Å². The van der Waals surface area contributed by atoms with Crippen molar-refractivity contribution in [3.05, 3.63) is 29.3 Å². The quantitative estimate of drug-likeness (QED) is 0.917. The molecular formula is C20H28N2O2. The van der Waals surface area contributed by atoms with Gasteiger partial charge in [0.1, 0.15) is 0 Å². The molecule has 0 bridgehead atoms. The summed E-state index contributed by atoms with van der Waals surface area (Å²) < 4.78 is 0. The van der Waals surface area contributed by atoms with Gasteiger partial charge in [0.25, 0.3) is 0 Å². The summed E-state index contributed by atoms with van der Waals surface area (Å²) in [4.78, 5) is 27.4. The van der Waals surface area contributed by atoms with Gasteiger partial charge in [0, 0.05) is 18.3 Å². The number of carbonyl (C=O) groups excluding carboxylic acids is 2. The van der Waals surface area contributed by atoms with Crippen LogP contribution in [0.15, 0.2) is 18.2 Å². The van der Waals surface area contributed by atoms with E-state index in [1.807, 2.05) is 36.9 Å². The van der Waals surface area contributed by atoms with Gasteiger partial charge in [0.05, 0.1) is 11.8 Å². The van der Waals surface area contributed by atoms with Gasteiger partial charge in [-0.3, -0.25) is 9.59 Å². The number of rotatable bonds is 4. The fraction of sp³-hybridized carbons (Fsp3) is 0.600. The standard InChI is InChI=1S/C20H28N2O2/c1-4-15-10-5-6-11-22(15)20(24)17-12-16(17)19(23)21-18-13(2)8-7-9-14(18)3/h7-9,15-17H,4-6,10-12H2,1-3H3,(H,21,23). The molecule has 2 fully saturated rings. The zero-order valence-corrected chi connectivity index (χ0v) is 15.0. The molecule has 3 atom stereocenters. The summed E-state index contributed by atoms with van der Waals surface area (Å²) >= 11 is 0. The Morgan fingerprint density at radius 1 is 1.17 bits per heavy atom. The van der Waals surface area contributed by atoms with E-state index in [4.69, 9.17) is 0 Å². The van der Waals surface area contributed by atoms with Crippen LogP contribution in [0.25, 0.3) is 0 Å². The highest BCUT2D eigenvalue weighted by molar-refractivity contribution is 6.00. The molecule has 24 heavy (non-hydrogen) atoms. The molecule has 1 aromatic rings. The predicted octanol–water partition coefficient (Wildman–Crippen LogP) is 3.67. The van der Waals surface area contributed by atoms with Gasteiger partial charge in [0.2, 0.25) is 11.8 Å². The Morgan fingerprint density at radius 2 is 1.88 bits per heavy atom. The number of carbonyl (C=O) groups is 2. The lowest BCUT2D eigenvalue weighted by molar-refractivity contribution is -0.137. The monoisotopic (exact) mass is 328 g/mol. The third kappa shape index (κ3) is 3.33. The molecule has 1 heterocycles. The second-order valence-corrected chi connectivity index (χ2v) is 7.29. The summed E-state index contributed by atoms with van der Waals surface area (Å²) in [5.41, 5.74) is 3.02. The van der Waals surface area contributed by atoms with Gasteiger partial charge in [-0.1, -0.05) is 25.1 Å². The fourth-order valence-corrected chi connectivity index (χ4v) is 3.91. The zero-order valence-electron chi connectivity index (χ0n) is 15.0. The molecule has 2 aliphatic rings. The lowest BCUT2D eigenvalue weighted by Crippen LogP contribution is -2.44. The maximum Gasteiger partial charge on any atom is 0.228 e. The number of likely N-dealkylation sites (tertiary alicyclic amines) is 1. The summed E-state index contributed by atoms with van der Waals surface area (Å²) in [5, 5.41) is 3.04. The number of hydrogen-bond acceptors (Lipinski definition) is 2. The molecule has 1 aromatic carbocycles. The number of amides is 2. The first-order chi connectivity index (χ1) is 11.5. The largest absolute Gasteiger partial charge is 0.339 e. The Labute approximate surface area is 144 Å². The summed E-state index contributed by atoms with van der Waals surface area (Å²) in [6.45, 7) is 7.00. The summed E-state index contributed by atoms with van der Waals surface area (Å²) in [6, 6.07) is 6.36. The minimum Gasteiger partial charge on any atom is -0.339 e. The Morgan fingerprint density at radius 3 is 2.54 bits per heavy atom. The molecule has 0 spiro atoms. The van der Waals surface area contributed by atoms with Gasteiger partial charge >= 0.3 is 0 Å². The van der Waals surface area contributed by atoms with E-state index < -0.39 is 0 Å². The number of para-hydroxylation sites is 1. The molecule has 1 N–H and O–H groups in total. The second kappa shape index (κ2) is 6.96. The van der Waals surface area contributed by atoms with Crippen LogP contribution in [0.1, 0.15) is 50.2 Å². The third-order valence-corrected chi connectivity index (χ3v) is 5.56. The van der Waals surface area contributed by atoms with Crippen LogP contribution in [-0.2, 0) is 9.59 Å². The number of piperidine rings is 1. The van der Waals surface area contributed by atoms with E-state index in [9.17, 15) is 9.59 Å². The molecule has 1 aliphatic carbocycles. The number of aryl methyl sites for hydroxylation is 2. The average molecular weight is 328 g/mol. The first kappa shape index (κ1) is 17.0. The van der Waals surface area contributed by atoms with Crippen molar-refractivity contribution in [2.24, 2.45) is 11.8 Å². The maximum absolute atomic E-state index is 12.8. The van der Waals surface area contributed by atoms with Crippen LogP contribution < -0.4 is 5.32 Å². The maximum atomic E-state index is 12.8. The highest BCUT2D eigenvalue weighted by Crippen LogP contribution is 2.42. The van der Waals surface area contributed by atoms with E-state index in [0.29, 0.717) is 12.5 Å². The fourth-order valence-electron chi connectivity index (χ4n) is 3.91. The number of nitrogens with zero attached hydrogens (tertiary/aromatic N) is 1. The van der Waals surface area contributed by atoms with E-state index in [2.05, 4.69) is 12.2 Å². The van der Waals surface area contributed by atoms with Crippen LogP contribution in [0.3, 0.4) is 0 Å². The van der Waals surface area contributed by atoms with Crippen molar-refractivity contribution in [2.75, 3.05) is 11.9 Å². The Bertz CT molecular complexity index is 620. The average Bonchev–Trinajstić information content (AvgIpc) is 3.38. The molecular weight excluding hydrogens is 300 g/mol. The van der Waals surface area contributed by atoms with E-state index in [1.165, 1.54) is 6.42 Å². The normalized spacial score (nSPS) is 26.1. The van der Waals surface area contributed by atoms with Crippen molar-refractivity contribution >= 4 is 17.5 Å². The molecule has 1 aliphatic heterocycles. The van der Waals surface area contributed by atoms with Crippen LogP contribution in [0.4, 0.5) is 5.69 Å². The molecule has 3 unspecified atom stereocenters. The topological polar surface area (TPSA) is 49.4 Å². The summed E-state index contributed by atoms with van der Waals surface area (Å²) in [7, 11) is 0. The lowest BCUT2D eigenvalue weighted by atomic mass is 9.99. The van der Waals surface area contributed by atoms with E-state index in [1.54, 1.807) is 0 Å². The Hall–Kier alpha value is -1.84. The van der Waals surface area contributed by atoms with Gasteiger partial charge in [-0.15, -0.1) is 0 Å². The lowest BCUT2D eigenvalue weighted by Gasteiger charge is -2.35. The summed E-state index contributed by atoms with van der Waals surface area (Å²) in [5.74, 6) is -0.0728. The highest BCUT2D eigenvalue weighted by Gasteiger charge is 2.50. The molecule has 130 valence electrons. The molecule has 2 amide bonds. The van der Waals surface area contributed by atoms with Crippen molar-refractivity contribution in [3.63, 3.8) is 0 Å². The van der Waals surface area contributed by atoms with Crippen molar-refractivity contribution < 1.29 is 9.59 Å². The van der Waals surface area contributed by atoms with E-state index in [-0.39, 0.29) is 23.7 Å². The number of nitrogens with one attached hydrogen (secondary N) is 1. The molecule has 0 aromatic heterocycles. The van der Waals surface area contributed by atoms with Crippen LogP contribution in [-0.4, -0.2) is 29.3 Å². The highest BCUT2D eigenvalue weighted by atomic mass is 16.2. The number of benzene rings is 1. The van der Waals surface area contributed by atoms with Crippen LogP contribution >= 0.6 is 0 Å². The van der Waals surface area contributed by atoms with Crippen molar-refractivity contribution in [1.29, 1.82) is 0 Å². The van der Waals surface area contributed by atoms with E-state index >= 15 is 0 Å². The van der Waals surface area contributed by atoms with Crippen LogP contribution in [0.5, 0.6) is 0 Å². The molecule has 1 saturated heterocycles. The van der Waals surface area contributed by atoms with Crippen LogP contribution in [0.2, 0.25) is 0 Å². The minimum absolute atomic E-state index is 0.00388. The number of anilines is 1. The van der Waals surface area contributed by atoms with Gasteiger partial charge < -0.3 is 10.2 Å². The zero-order chi connectivity index (χ0) is 17.3. The molecule has 1 saturated carbocycles. The smallest absolute Gasteiger partial charge is 0.228 e. The van der Waals surface area contributed by atoms with Gasteiger partial charge in [-0.25, -0.2) is 0 Å². The van der Waals surface area contributed by atoms with Gasteiger partial charge in [-0.2, -0.15) is 0 Å². The third-order valence-electron chi connectivity index (χ3n) is 5.56. The predicted molar refractivity (Wildman–Crippen MR) is 95.8 cm³/mol.